The number of nitrogens with zero attached hydrogens (tertiary/aromatic N) is 5. The van der Waals surface area contributed by atoms with Crippen LogP contribution in [0.1, 0.15) is 84.1 Å². The molecule has 1 aromatic carbocycles. The van der Waals surface area contributed by atoms with Gasteiger partial charge in [0.25, 0.3) is 0 Å². The first kappa shape index (κ1) is 30.3. The second-order valence-electron chi connectivity index (χ2n) is 12.4. The second-order valence-corrected chi connectivity index (χ2v) is 12.4. The standard InChI is InChI=1S/C33H51N5O2/c1-7-22-36(23-8-2)27(4)34-24-29(9-3)37-25-31(38(30(37)39)26-32(40)16-13-17-32)18-20-33(21-19-31,35(5)6)28-14-11-10-12-15-28/h9-12,14-15,24,40H,4,7-8,13,16-23,25-26H2,1-3,5-6H3/b29-9+,34-24-. The zero-order valence-corrected chi connectivity index (χ0v) is 25.5. The Kier molecular flexibility index (Phi) is 9.46. The molecule has 0 bridgehead atoms. The molecule has 1 aliphatic heterocycles. The monoisotopic (exact) mass is 549 g/mol. The molecule has 7 heteroatoms. The number of aliphatic imine (C=N–C) groups is 1. The van der Waals surface area contributed by atoms with Gasteiger partial charge in [0.15, 0.2) is 0 Å². The normalized spacial score (nSPS) is 26.7. The van der Waals surface area contributed by atoms with E-state index in [0.717, 1.165) is 82.4 Å². The maximum atomic E-state index is 14.1. The topological polar surface area (TPSA) is 62.6 Å². The van der Waals surface area contributed by atoms with Crippen LogP contribution in [0.3, 0.4) is 0 Å². The predicted molar refractivity (Wildman–Crippen MR) is 164 cm³/mol. The molecule has 2 amide bonds. The van der Waals surface area contributed by atoms with Crippen LogP contribution in [-0.4, -0.2) is 88.4 Å². The van der Waals surface area contributed by atoms with Crippen LogP contribution < -0.4 is 0 Å². The highest BCUT2D eigenvalue weighted by Crippen LogP contribution is 2.50. The van der Waals surface area contributed by atoms with Crippen molar-refractivity contribution < 1.29 is 9.90 Å². The van der Waals surface area contributed by atoms with E-state index in [0.29, 0.717) is 13.1 Å². The SMILES string of the molecule is C=C(/N=C\C(=C/C)N1CC2(CCC(c3ccccc3)(N(C)C)CC2)N(CC2(O)CCC2)C1=O)N(CCC)CCC. The molecule has 0 unspecified atom stereocenters. The van der Waals surface area contributed by atoms with E-state index in [4.69, 9.17) is 4.99 Å². The maximum absolute atomic E-state index is 14.1. The van der Waals surface area contributed by atoms with Gasteiger partial charge in [0.1, 0.15) is 5.82 Å². The van der Waals surface area contributed by atoms with Crippen LogP contribution in [0.15, 0.2) is 59.5 Å². The molecular weight excluding hydrogens is 498 g/mol. The van der Waals surface area contributed by atoms with E-state index in [1.54, 1.807) is 0 Å². The van der Waals surface area contributed by atoms with Crippen LogP contribution in [0.4, 0.5) is 4.79 Å². The molecule has 1 spiro atoms. The molecule has 1 N–H and O–H groups in total. The van der Waals surface area contributed by atoms with Crippen LogP contribution in [0.5, 0.6) is 0 Å². The van der Waals surface area contributed by atoms with E-state index in [1.807, 2.05) is 29.0 Å². The number of carbonyl (C=O) groups is 1. The summed E-state index contributed by atoms with van der Waals surface area (Å²) >= 11 is 0. The van der Waals surface area contributed by atoms with Crippen molar-refractivity contribution in [2.24, 2.45) is 4.99 Å². The van der Waals surface area contributed by atoms with Gasteiger partial charge in [0.2, 0.25) is 0 Å². The van der Waals surface area contributed by atoms with Gasteiger partial charge in [-0.15, -0.1) is 0 Å². The first-order chi connectivity index (χ1) is 19.1. The predicted octanol–water partition coefficient (Wildman–Crippen LogP) is 5.98. The Morgan fingerprint density at radius 2 is 1.68 bits per heavy atom. The summed E-state index contributed by atoms with van der Waals surface area (Å²) in [6.45, 7) is 13.4. The lowest BCUT2D eigenvalue weighted by molar-refractivity contribution is -0.0725. The minimum Gasteiger partial charge on any atom is -0.388 e. The Morgan fingerprint density at radius 1 is 1.05 bits per heavy atom. The molecule has 40 heavy (non-hydrogen) atoms. The largest absolute Gasteiger partial charge is 0.388 e. The van der Waals surface area contributed by atoms with Gasteiger partial charge in [0, 0.05) is 18.6 Å². The number of allylic oxidation sites excluding steroid dienone is 2. The minimum absolute atomic E-state index is 0.0125. The summed E-state index contributed by atoms with van der Waals surface area (Å²) in [7, 11) is 4.35. The summed E-state index contributed by atoms with van der Waals surface area (Å²) in [6.07, 6.45) is 12.1. The molecule has 220 valence electrons. The van der Waals surface area contributed by atoms with E-state index in [2.05, 4.69) is 74.7 Å². The number of amides is 2. The Morgan fingerprint density at radius 3 is 2.17 bits per heavy atom. The van der Waals surface area contributed by atoms with E-state index in [9.17, 15) is 9.90 Å². The molecule has 1 heterocycles. The average Bonchev–Trinajstić information content (AvgIpc) is 3.19. The van der Waals surface area contributed by atoms with Crippen molar-refractivity contribution in [1.82, 2.24) is 19.6 Å². The van der Waals surface area contributed by atoms with Crippen molar-refractivity contribution in [3.63, 3.8) is 0 Å². The number of urea groups is 1. The van der Waals surface area contributed by atoms with Gasteiger partial charge in [-0.3, -0.25) is 9.80 Å². The molecule has 4 rings (SSSR count). The third-order valence-corrected chi connectivity index (χ3v) is 9.70. The van der Waals surface area contributed by atoms with Crippen molar-refractivity contribution in [2.75, 3.05) is 40.3 Å². The van der Waals surface area contributed by atoms with Gasteiger partial charge in [0.05, 0.1) is 36.1 Å². The lowest BCUT2D eigenvalue weighted by Gasteiger charge is -2.52. The lowest BCUT2D eigenvalue weighted by atomic mass is 9.67. The Balaban J connectivity index is 1.60. The summed E-state index contributed by atoms with van der Waals surface area (Å²) in [4.78, 5) is 27.4. The molecule has 0 aromatic heterocycles. The number of β-amino-alcohol motifs (C(OH)–C–C–N with tert-alkyl or cyclic N) is 1. The average molecular weight is 550 g/mol. The van der Waals surface area contributed by atoms with Gasteiger partial charge in [-0.2, -0.15) is 0 Å². The number of hydrogen-bond acceptors (Lipinski definition) is 5. The Bertz CT molecular complexity index is 1080. The third-order valence-electron chi connectivity index (χ3n) is 9.70. The van der Waals surface area contributed by atoms with Gasteiger partial charge in [-0.1, -0.05) is 56.8 Å². The summed E-state index contributed by atoms with van der Waals surface area (Å²) in [5.74, 6) is 0.737. The molecule has 2 saturated carbocycles. The number of hydrogen-bond donors (Lipinski definition) is 1. The van der Waals surface area contributed by atoms with Gasteiger partial charge < -0.3 is 14.9 Å². The summed E-state index contributed by atoms with van der Waals surface area (Å²) in [5, 5.41) is 11.2. The van der Waals surface area contributed by atoms with E-state index in [-0.39, 0.29) is 17.1 Å². The van der Waals surface area contributed by atoms with Crippen molar-refractivity contribution >= 4 is 12.2 Å². The zero-order valence-electron chi connectivity index (χ0n) is 25.5. The summed E-state index contributed by atoms with van der Waals surface area (Å²) in [5.41, 5.74) is 0.990. The molecule has 0 atom stereocenters. The number of carbonyl (C=O) groups excluding carboxylic acids is 1. The lowest BCUT2D eigenvalue weighted by Crippen LogP contribution is -2.59. The summed E-state index contributed by atoms with van der Waals surface area (Å²) in [6, 6.07) is 10.8. The third kappa shape index (κ3) is 5.87. The fraction of sp³-hybridized carbons (Fsp3) is 0.636. The highest BCUT2D eigenvalue weighted by Gasteiger charge is 2.56. The maximum Gasteiger partial charge on any atom is 0.325 e. The first-order valence-corrected chi connectivity index (χ1v) is 15.3. The van der Waals surface area contributed by atoms with Crippen LogP contribution >= 0.6 is 0 Å². The highest BCUT2D eigenvalue weighted by molar-refractivity contribution is 5.89. The van der Waals surface area contributed by atoms with Crippen molar-refractivity contribution in [2.45, 2.75) is 95.2 Å². The quantitative estimate of drug-likeness (QED) is 0.326. The first-order valence-electron chi connectivity index (χ1n) is 15.3. The molecule has 1 saturated heterocycles. The zero-order chi connectivity index (χ0) is 29.0. The molecule has 2 aliphatic carbocycles. The highest BCUT2D eigenvalue weighted by atomic mass is 16.3. The number of aliphatic hydroxyl groups is 1. The number of benzene rings is 1. The van der Waals surface area contributed by atoms with Crippen LogP contribution in [-0.2, 0) is 5.54 Å². The minimum atomic E-state index is -0.770. The molecule has 3 fully saturated rings. The molecule has 7 nitrogen and oxygen atoms in total. The molecule has 0 radical (unpaired) electrons. The van der Waals surface area contributed by atoms with Gasteiger partial charge >= 0.3 is 6.03 Å². The van der Waals surface area contributed by atoms with Crippen LogP contribution in [0.2, 0.25) is 0 Å². The fourth-order valence-electron chi connectivity index (χ4n) is 7.00. The second kappa shape index (κ2) is 12.5. The molecule has 3 aliphatic rings. The summed E-state index contributed by atoms with van der Waals surface area (Å²) < 4.78 is 0. The van der Waals surface area contributed by atoms with E-state index in [1.165, 1.54) is 5.56 Å². The van der Waals surface area contributed by atoms with E-state index >= 15 is 0 Å². The molecular formula is C33H51N5O2. The number of rotatable bonds is 12. The van der Waals surface area contributed by atoms with Crippen LogP contribution in [0, 0.1) is 0 Å². The van der Waals surface area contributed by atoms with E-state index < -0.39 is 5.60 Å². The molecule has 1 aromatic rings. The van der Waals surface area contributed by atoms with Crippen molar-refractivity contribution in [3.8, 4) is 0 Å². The van der Waals surface area contributed by atoms with Crippen molar-refractivity contribution in [1.29, 1.82) is 0 Å². The Hall–Kier alpha value is -2.64. The van der Waals surface area contributed by atoms with Gasteiger partial charge in [-0.05, 0) is 84.4 Å². The smallest absolute Gasteiger partial charge is 0.325 e. The fourth-order valence-corrected chi connectivity index (χ4v) is 7.00. The van der Waals surface area contributed by atoms with Crippen molar-refractivity contribution in [3.05, 3.63) is 60.1 Å². The Labute approximate surface area is 242 Å². The van der Waals surface area contributed by atoms with Gasteiger partial charge in [-0.25, -0.2) is 9.79 Å². The van der Waals surface area contributed by atoms with Crippen LogP contribution in [0.25, 0.3) is 0 Å².